The summed E-state index contributed by atoms with van der Waals surface area (Å²) >= 11 is 0. The molecule has 1 aromatic heterocycles. The lowest BCUT2D eigenvalue weighted by Gasteiger charge is -2.34. The number of aromatic nitrogens is 2. The van der Waals surface area contributed by atoms with Gasteiger partial charge in [-0.1, -0.05) is 35.5 Å². The Morgan fingerprint density at radius 2 is 1.58 bits per heavy atom. The van der Waals surface area contributed by atoms with E-state index in [-0.39, 0.29) is 0 Å². The van der Waals surface area contributed by atoms with Crippen LogP contribution in [0.15, 0.2) is 59.1 Å². The van der Waals surface area contributed by atoms with Crippen LogP contribution < -0.4 is 4.90 Å². The van der Waals surface area contributed by atoms with Crippen molar-refractivity contribution in [3.8, 4) is 22.8 Å². The lowest BCUT2D eigenvalue weighted by molar-refractivity contribution is 0.313. The minimum Gasteiger partial charge on any atom is -0.368 e. The smallest absolute Gasteiger partial charge is 0.258 e. The molecule has 3 aromatic rings. The molecular weight excluding hydrogens is 300 g/mol. The fraction of sp³-hybridized carbons (Fsp3) is 0.263. The van der Waals surface area contributed by atoms with Gasteiger partial charge >= 0.3 is 0 Å². The van der Waals surface area contributed by atoms with Crippen molar-refractivity contribution in [2.24, 2.45) is 0 Å². The number of hydrogen-bond donors (Lipinski definition) is 0. The summed E-state index contributed by atoms with van der Waals surface area (Å²) < 4.78 is 5.48. The third-order valence-electron chi connectivity index (χ3n) is 4.44. The maximum absolute atomic E-state index is 5.48. The molecule has 0 N–H and O–H groups in total. The summed E-state index contributed by atoms with van der Waals surface area (Å²) in [7, 11) is 2.16. The van der Waals surface area contributed by atoms with Gasteiger partial charge < -0.3 is 14.3 Å². The molecule has 2 aromatic carbocycles. The molecule has 0 aliphatic carbocycles. The van der Waals surface area contributed by atoms with E-state index < -0.39 is 0 Å². The molecule has 4 rings (SSSR count). The first-order valence-corrected chi connectivity index (χ1v) is 8.23. The van der Waals surface area contributed by atoms with Crippen molar-refractivity contribution >= 4 is 5.69 Å². The molecule has 1 fully saturated rings. The normalized spacial score (nSPS) is 15.6. The van der Waals surface area contributed by atoms with Crippen LogP contribution in [0.2, 0.25) is 0 Å². The van der Waals surface area contributed by atoms with Crippen molar-refractivity contribution in [2.75, 3.05) is 38.1 Å². The van der Waals surface area contributed by atoms with Gasteiger partial charge in [-0.3, -0.25) is 0 Å². The van der Waals surface area contributed by atoms with Gasteiger partial charge in [0.1, 0.15) is 0 Å². The van der Waals surface area contributed by atoms with Gasteiger partial charge in [0.05, 0.1) is 0 Å². The summed E-state index contributed by atoms with van der Waals surface area (Å²) in [6, 6.07) is 18.2. The van der Waals surface area contributed by atoms with Crippen molar-refractivity contribution < 1.29 is 4.52 Å². The number of likely N-dealkylation sites (N-methyl/N-ethyl adjacent to an activating group) is 1. The highest BCUT2D eigenvalue weighted by Gasteiger charge is 2.20. The zero-order chi connectivity index (χ0) is 16.4. The molecule has 0 spiro atoms. The van der Waals surface area contributed by atoms with Crippen LogP contribution in [0.4, 0.5) is 5.69 Å². The Labute approximate surface area is 141 Å². The molecule has 5 nitrogen and oxygen atoms in total. The molecule has 1 aliphatic heterocycles. The summed E-state index contributed by atoms with van der Waals surface area (Å²) in [6.07, 6.45) is 0. The predicted octanol–water partition coefficient (Wildman–Crippen LogP) is 3.16. The van der Waals surface area contributed by atoms with Crippen LogP contribution in [0, 0.1) is 0 Å². The van der Waals surface area contributed by atoms with Crippen molar-refractivity contribution in [2.45, 2.75) is 0 Å². The molecule has 0 unspecified atom stereocenters. The van der Waals surface area contributed by atoms with E-state index in [0.717, 1.165) is 37.3 Å². The van der Waals surface area contributed by atoms with Crippen LogP contribution in [-0.4, -0.2) is 48.3 Å². The third-order valence-corrected chi connectivity index (χ3v) is 4.44. The second-order valence-electron chi connectivity index (χ2n) is 6.10. The van der Waals surface area contributed by atoms with E-state index in [1.165, 1.54) is 5.69 Å². The Bertz CT molecular complexity index is 807. The summed E-state index contributed by atoms with van der Waals surface area (Å²) in [5.41, 5.74) is 3.13. The average molecular weight is 320 g/mol. The summed E-state index contributed by atoms with van der Waals surface area (Å²) in [4.78, 5) is 9.35. The topological polar surface area (TPSA) is 45.4 Å². The van der Waals surface area contributed by atoms with Gasteiger partial charge in [-0.25, -0.2) is 0 Å². The van der Waals surface area contributed by atoms with Gasteiger partial charge in [0.25, 0.3) is 5.89 Å². The van der Waals surface area contributed by atoms with E-state index >= 15 is 0 Å². The van der Waals surface area contributed by atoms with Crippen LogP contribution in [0.3, 0.4) is 0 Å². The predicted molar refractivity (Wildman–Crippen MR) is 94.9 cm³/mol. The van der Waals surface area contributed by atoms with Gasteiger partial charge in [0.2, 0.25) is 5.82 Å². The van der Waals surface area contributed by atoms with Crippen molar-refractivity contribution in [1.82, 2.24) is 15.0 Å². The minimum absolute atomic E-state index is 0.554. The lowest BCUT2D eigenvalue weighted by atomic mass is 10.1. The highest BCUT2D eigenvalue weighted by molar-refractivity contribution is 5.75. The highest BCUT2D eigenvalue weighted by Crippen LogP contribution is 2.30. The first-order chi connectivity index (χ1) is 11.8. The number of hydrogen-bond acceptors (Lipinski definition) is 5. The van der Waals surface area contributed by atoms with Gasteiger partial charge in [-0.2, -0.15) is 4.98 Å². The molecule has 1 aliphatic rings. The third kappa shape index (κ3) is 2.90. The molecule has 0 bridgehead atoms. The molecule has 122 valence electrons. The molecule has 0 saturated carbocycles. The maximum Gasteiger partial charge on any atom is 0.258 e. The Morgan fingerprint density at radius 3 is 2.38 bits per heavy atom. The quantitative estimate of drug-likeness (QED) is 0.742. The summed E-state index contributed by atoms with van der Waals surface area (Å²) in [5.74, 6) is 1.20. The number of anilines is 1. The minimum atomic E-state index is 0.554. The van der Waals surface area contributed by atoms with Crippen LogP contribution in [0.5, 0.6) is 0 Å². The summed E-state index contributed by atoms with van der Waals surface area (Å²) in [6.45, 7) is 4.15. The van der Waals surface area contributed by atoms with E-state index in [1.54, 1.807) is 0 Å². The SMILES string of the molecule is CN1CCN(c2ccccc2-c2noc(-c3ccccc3)n2)CC1. The Balaban J connectivity index is 1.67. The molecule has 0 amide bonds. The number of nitrogens with zero attached hydrogens (tertiary/aromatic N) is 4. The van der Waals surface area contributed by atoms with Crippen LogP contribution in [-0.2, 0) is 0 Å². The van der Waals surface area contributed by atoms with Crippen molar-refractivity contribution in [1.29, 1.82) is 0 Å². The zero-order valence-electron chi connectivity index (χ0n) is 13.7. The largest absolute Gasteiger partial charge is 0.368 e. The molecule has 24 heavy (non-hydrogen) atoms. The molecule has 2 heterocycles. The van der Waals surface area contributed by atoms with Crippen molar-refractivity contribution in [3.05, 3.63) is 54.6 Å². The van der Waals surface area contributed by atoms with E-state index in [1.807, 2.05) is 36.4 Å². The fourth-order valence-corrected chi connectivity index (χ4v) is 3.02. The van der Waals surface area contributed by atoms with Crippen LogP contribution in [0.25, 0.3) is 22.8 Å². The molecular formula is C19H20N4O. The van der Waals surface area contributed by atoms with Crippen molar-refractivity contribution in [3.63, 3.8) is 0 Å². The number of para-hydroxylation sites is 1. The second-order valence-corrected chi connectivity index (χ2v) is 6.10. The second kappa shape index (κ2) is 6.45. The van der Waals surface area contributed by atoms with Gasteiger partial charge in [-0.05, 0) is 31.3 Å². The average Bonchev–Trinajstić information content (AvgIpc) is 3.13. The monoisotopic (exact) mass is 320 g/mol. The molecule has 0 radical (unpaired) electrons. The molecule has 0 atom stereocenters. The maximum atomic E-state index is 5.48. The first-order valence-electron chi connectivity index (χ1n) is 8.23. The Morgan fingerprint density at radius 1 is 0.875 bits per heavy atom. The molecule has 5 heteroatoms. The Kier molecular flexibility index (Phi) is 4.01. The zero-order valence-corrected chi connectivity index (χ0v) is 13.7. The van der Waals surface area contributed by atoms with E-state index in [2.05, 4.69) is 45.2 Å². The number of piperazine rings is 1. The van der Waals surface area contributed by atoms with E-state index in [4.69, 9.17) is 4.52 Å². The van der Waals surface area contributed by atoms with Crippen LogP contribution >= 0.6 is 0 Å². The fourth-order valence-electron chi connectivity index (χ4n) is 3.02. The highest BCUT2D eigenvalue weighted by atomic mass is 16.5. The van der Waals surface area contributed by atoms with E-state index in [0.29, 0.717) is 11.7 Å². The number of rotatable bonds is 3. The van der Waals surface area contributed by atoms with Gasteiger partial charge in [0.15, 0.2) is 0 Å². The summed E-state index contributed by atoms with van der Waals surface area (Å²) in [5, 5.41) is 4.21. The van der Waals surface area contributed by atoms with Gasteiger partial charge in [0, 0.05) is 43.0 Å². The lowest BCUT2D eigenvalue weighted by Crippen LogP contribution is -2.44. The first kappa shape index (κ1) is 14.9. The standard InChI is InChI=1S/C19H20N4O/c1-22-11-13-23(14-12-22)17-10-6-5-9-16(17)18-20-19(24-21-18)15-7-3-2-4-8-15/h2-10H,11-14H2,1H3. The molecule has 1 saturated heterocycles. The number of benzene rings is 2. The van der Waals surface area contributed by atoms with E-state index in [9.17, 15) is 0 Å². The Hall–Kier alpha value is -2.66. The van der Waals surface area contributed by atoms with Crippen LogP contribution in [0.1, 0.15) is 0 Å². The van der Waals surface area contributed by atoms with Gasteiger partial charge in [-0.15, -0.1) is 0 Å².